The van der Waals surface area contributed by atoms with Gasteiger partial charge in [0.25, 0.3) is 0 Å². The van der Waals surface area contributed by atoms with Gasteiger partial charge in [-0.1, -0.05) is 42.5 Å². The van der Waals surface area contributed by atoms with Crippen molar-refractivity contribution in [3.8, 4) is 11.1 Å². The van der Waals surface area contributed by atoms with Crippen LogP contribution in [0, 0.1) is 6.92 Å². The minimum atomic E-state index is 0.504. The summed E-state index contributed by atoms with van der Waals surface area (Å²) in [5, 5.41) is 1.11. The van der Waals surface area contributed by atoms with Gasteiger partial charge in [0.1, 0.15) is 11.3 Å². The zero-order valence-corrected chi connectivity index (χ0v) is 15.9. The quantitative estimate of drug-likeness (QED) is 0.513. The molecule has 132 valence electrons. The van der Waals surface area contributed by atoms with Gasteiger partial charge in [-0.2, -0.15) is 11.8 Å². The molecule has 0 aliphatic rings. The van der Waals surface area contributed by atoms with E-state index in [9.17, 15) is 0 Å². The van der Waals surface area contributed by atoms with Crippen LogP contribution in [0.3, 0.4) is 0 Å². The fraction of sp³-hybridized carbons (Fsp3) is 0.238. The highest BCUT2D eigenvalue weighted by molar-refractivity contribution is 7.98. The maximum atomic E-state index is 6.26. The van der Waals surface area contributed by atoms with Crippen molar-refractivity contribution in [3.63, 3.8) is 0 Å². The molecule has 26 heavy (non-hydrogen) atoms. The summed E-state index contributed by atoms with van der Waals surface area (Å²) in [6.45, 7) is 2.99. The van der Waals surface area contributed by atoms with Crippen LogP contribution in [-0.2, 0) is 6.54 Å². The Morgan fingerprint density at radius 2 is 1.85 bits per heavy atom. The van der Waals surface area contributed by atoms with Crippen molar-refractivity contribution < 1.29 is 0 Å². The minimum Gasteiger partial charge on any atom is -0.382 e. The van der Waals surface area contributed by atoms with Crippen molar-refractivity contribution in [3.05, 3.63) is 54.4 Å². The molecule has 0 atom stereocenters. The summed E-state index contributed by atoms with van der Waals surface area (Å²) in [4.78, 5) is 9.33. The van der Waals surface area contributed by atoms with Crippen molar-refractivity contribution in [2.45, 2.75) is 19.9 Å². The molecule has 0 saturated heterocycles. The van der Waals surface area contributed by atoms with Gasteiger partial charge in [-0.15, -0.1) is 0 Å². The first-order valence-electron chi connectivity index (χ1n) is 8.79. The molecule has 0 amide bonds. The summed E-state index contributed by atoms with van der Waals surface area (Å²) < 4.78 is 2.29. The van der Waals surface area contributed by atoms with Crippen LogP contribution in [0.25, 0.3) is 33.1 Å². The lowest BCUT2D eigenvalue weighted by molar-refractivity contribution is 0.682. The third-order valence-corrected chi connectivity index (χ3v) is 5.43. The Morgan fingerprint density at radius 1 is 1.04 bits per heavy atom. The molecule has 4 nitrogen and oxygen atoms in total. The third-order valence-electron chi connectivity index (χ3n) is 4.73. The molecule has 0 aliphatic carbocycles. The first kappa shape index (κ1) is 16.9. The summed E-state index contributed by atoms with van der Waals surface area (Å²) in [5.74, 6) is 2.63. The number of benzene rings is 2. The highest BCUT2D eigenvalue weighted by Crippen LogP contribution is 2.31. The van der Waals surface area contributed by atoms with Crippen molar-refractivity contribution >= 4 is 39.5 Å². The molecule has 2 N–H and O–H groups in total. The molecule has 0 aliphatic heterocycles. The van der Waals surface area contributed by atoms with Gasteiger partial charge in [-0.05, 0) is 42.5 Å². The van der Waals surface area contributed by atoms with E-state index in [0.717, 1.165) is 52.0 Å². The van der Waals surface area contributed by atoms with E-state index in [2.05, 4.69) is 58.3 Å². The van der Waals surface area contributed by atoms with Crippen molar-refractivity contribution in [2.75, 3.05) is 17.7 Å². The van der Waals surface area contributed by atoms with Crippen LogP contribution in [-0.4, -0.2) is 26.5 Å². The Morgan fingerprint density at radius 3 is 2.62 bits per heavy atom. The number of hydrogen-bond donors (Lipinski definition) is 1. The Bertz CT molecular complexity index is 1070. The Hall–Kier alpha value is -2.53. The Labute approximate surface area is 157 Å². The number of nitrogens with zero attached hydrogens (tertiary/aromatic N) is 3. The van der Waals surface area contributed by atoms with Gasteiger partial charge < -0.3 is 10.3 Å². The molecule has 2 heterocycles. The van der Waals surface area contributed by atoms with Gasteiger partial charge in [0.05, 0.1) is 11.0 Å². The maximum Gasteiger partial charge on any atom is 0.152 e. The third kappa shape index (κ3) is 2.92. The highest BCUT2D eigenvalue weighted by Gasteiger charge is 2.15. The second-order valence-corrected chi connectivity index (χ2v) is 7.43. The number of fused-ring (bicyclic) bond motifs is 3. The number of nitrogen functional groups attached to an aromatic ring is 1. The number of pyridine rings is 1. The minimum absolute atomic E-state index is 0.504. The van der Waals surface area contributed by atoms with E-state index in [1.54, 1.807) is 0 Å². The SMILES string of the molecule is CSCCCn1c(C)nc2c(N)nc3cc(-c4ccccc4)ccc3c21. The van der Waals surface area contributed by atoms with Crippen LogP contribution in [0.1, 0.15) is 12.2 Å². The van der Waals surface area contributed by atoms with Crippen LogP contribution in [0.2, 0.25) is 0 Å². The van der Waals surface area contributed by atoms with E-state index < -0.39 is 0 Å². The van der Waals surface area contributed by atoms with Crippen molar-refractivity contribution in [1.29, 1.82) is 0 Å². The van der Waals surface area contributed by atoms with Crippen molar-refractivity contribution in [1.82, 2.24) is 14.5 Å². The van der Waals surface area contributed by atoms with Gasteiger partial charge in [0.15, 0.2) is 5.82 Å². The van der Waals surface area contributed by atoms with Crippen LogP contribution in [0.4, 0.5) is 5.82 Å². The molecule has 0 saturated carbocycles. The second kappa shape index (κ2) is 7.00. The van der Waals surface area contributed by atoms with E-state index in [-0.39, 0.29) is 0 Å². The molecule has 2 aromatic heterocycles. The summed E-state index contributed by atoms with van der Waals surface area (Å²) in [5.41, 5.74) is 11.4. The summed E-state index contributed by atoms with van der Waals surface area (Å²) in [7, 11) is 0. The molecule has 0 unspecified atom stereocenters. The number of aryl methyl sites for hydroxylation is 2. The van der Waals surface area contributed by atoms with Gasteiger partial charge >= 0.3 is 0 Å². The van der Waals surface area contributed by atoms with Gasteiger partial charge in [-0.3, -0.25) is 0 Å². The highest BCUT2D eigenvalue weighted by atomic mass is 32.2. The molecule has 0 radical (unpaired) electrons. The topological polar surface area (TPSA) is 56.7 Å². The van der Waals surface area contributed by atoms with Crippen LogP contribution < -0.4 is 5.73 Å². The lowest BCUT2D eigenvalue weighted by Gasteiger charge is -2.10. The molecule has 4 aromatic rings. The van der Waals surface area contributed by atoms with Gasteiger partial charge in [0.2, 0.25) is 0 Å². The first-order chi connectivity index (χ1) is 12.7. The standard InChI is InChI=1S/C21H22N4S/c1-14-23-19-20(25(14)11-6-12-26-2)17-10-9-16(13-18(17)24-21(19)22)15-7-4-3-5-8-15/h3-5,7-10,13H,6,11-12H2,1-2H3,(H2,22,24). The summed E-state index contributed by atoms with van der Waals surface area (Å²) in [6, 6.07) is 16.8. The fourth-order valence-electron chi connectivity index (χ4n) is 3.47. The van der Waals surface area contributed by atoms with Crippen LogP contribution in [0.5, 0.6) is 0 Å². The molecule has 0 spiro atoms. The zero-order valence-electron chi connectivity index (χ0n) is 15.1. The second-order valence-electron chi connectivity index (χ2n) is 6.45. The number of thioether (sulfide) groups is 1. The molecule has 2 aromatic carbocycles. The number of nitrogens with two attached hydrogens (primary N) is 1. The molecular weight excluding hydrogens is 340 g/mol. The summed E-state index contributed by atoms with van der Waals surface area (Å²) >= 11 is 1.87. The number of rotatable bonds is 5. The van der Waals surface area contributed by atoms with Crippen LogP contribution >= 0.6 is 11.8 Å². The normalized spacial score (nSPS) is 11.5. The largest absolute Gasteiger partial charge is 0.382 e. The molecule has 4 rings (SSSR count). The average Bonchev–Trinajstić information content (AvgIpc) is 3.00. The van der Waals surface area contributed by atoms with Crippen molar-refractivity contribution in [2.24, 2.45) is 0 Å². The Balaban J connectivity index is 1.91. The van der Waals surface area contributed by atoms with E-state index in [4.69, 9.17) is 10.7 Å². The smallest absolute Gasteiger partial charge is 0.152 e. The predicted octanol–water partition coefficient (Wildman–Crippen LogP) is 4.90. The van der Waals surface area contributed by atoms with Gasteiger partial charge in [-0.25, -0.2) is 9.97 Å². The number of hydrogen-bond acceptors (Lipinski definition) is 4. The van der Waals surface area contributed by atoms with E-state index in [1.165, 1.54) is 5.56 Å². The predicted molar refractivity (Wildman–Crippen MR) is 113 cm³/mol. The molecule has 0 fully saturated rings. The molecule has 5 heteroatoms. The number of anilines is 1. The molecule has 0 bridgehead atoms. The Kier molecular flexibility index (Phi) is 4.55. The van der Waals surface area contributed by atoms with E-state index in [1.807, 2.05) is 24.8 Å². The van der Waals surface area contributed by atoms with Gasteiger partial charge in [0, 0.05) is 11.9 Å². The lowest BCUT2D eigenvalue weighted by Crippen LogP contribution is -2.02. The first-order valence-corrected chi connectivity index (χ1v) is 10.2. The summed E-state index contributed by atoms with van der Waals surface area (Å²) in [6.07, 6.45) is 3.25. The monoisotopic (exact) mass is 362 g/mol. The number of imidazole rings is 1. The van der Waals surface area contributed by atoms with E-state index >= 15 is 0 Å². The number of aromatic nitrogens is 3. The lowest BCUT2D eigenvalue weighted by atomic mass is 10.0. The van der Waals surface area contributed by atoms with E-state index in [0.29, 0.717) is 5.82 Å². The van der Waals surface area contributed by atoms with Crippen LogP contribution in [0.15, 0.2) is 48.5 Å². The average molecular weight is 363 g/mol. The molecular formula is C21H22N4S. The fourth-order valence-corrected chi connectivity index (χ4v) is 3.89. The zero-order chi connectivity index (χ0) is 18.1. The maximum absolute atomic E-state index is 6.26.